The Kier molecular flexibility index (Phi) is 7.02. The number of hydrogen-bond acceptors (Lipinski definition) is 3. The van der Waals surface area contributed by atoms with Gasteiger partial charge in [-0.05, 0) is 62.1 Å². The van der Waals surface area contributed by atoms with Gasteiger partial charge in [0.05, 0.1) is 12.2 Å². The summed E-state index contributed by atoms with van der Waals surface area (Å²) in [4.78, 5) is 1.28. The fourth-order valence-corrected chi connectivity index (χ4v) is 3.69. The van der Waals surface area contributed by atoms with Gasteiger partial charge in [0.25, 0.3) is 0 Å². The number of hydrogen-bond donors (Lipinski definition) is 2. The largest absolute Gasteiger partial charge is 0.416 e. The van der Waals surface area contributed by atoms with Gasteiger partial charge in [-0.3, -0.25) is 0 Å². The molecule has 3 N–H and O–H groups in total. The van der Waals surface area contributed by atoms with Crippen molar-refractivity contribution in [1.82, 2.24) is 0 Å². The highest BCUT2D eigenvalue weighted by atomic mass is 35.5. The number of halogens is 4. The van der Waals surface area contributed by atoms with Crippen LogP contribution in [0.4, 0.5) is 13.2 Å². The van der Waals surface area contributed by atoms with Crippen LogP contribution in [0.3, 0.4) is 0 Å². The first-order chi connectivity index (χ1) is 12.1. The smallest absolute Gasteiger partial charge is 0.394 e. The standard InChI is InChI=1S/C19H21ClF3NOS/c1-18(24,12-25)9-3-4-13-7-8-16(11-17(13)20)26-15-6-2-5-14(10-15)19(21,22)23/h2,5-8,10-11,25H,3-4,9,12,24H2,1H3. The summed E-state index contributed by atoms with van der Waals surface area (Å²) in [6, 6.07) is 10.7. The van der Waals surface area contributed by atoms with Crippen molar-refractivity contribution >= 4 is 23.4 Å². The summed E-state index contributed by atoms with van der Waals surface area (Å²) in [5.41, 5.74) is 5.58. The number of aliphatic hydroxyl groups is 1. The second-order valence-corrected chi connectivity index (χ2v) is 8.10. The zero-order valence-electron chi connectivity index (χ0n) is 14.3. The van der Waals surface area contributed by atoms with E-state index in [1.165, 1.54) is 17.8 Å². The van der Waals surface area contributed by atoms with Crippen LogP contribution >= 0.6 is 23.4 Å². The van der Waals surface area contributed by atoms with Crippen LogP contribution in [0, 0.1) is 0 Å². The summed E-state index contributed by atoms with van der Waals surface area (Å²) in [6.07, 6.45) is -2.18. The van der Waals surface area contributed by atoms with Crippen molar-refractivity contribution in [2.24, 2.45) is 5.73 Å². The normalized spacial score (nSPS) is 14.3. The molecule has 0 aliphatic heterocycles. The third-order valence-corrected chi connectivity index (χ3v) is 5.31. The average molecular weight is 404 g/mol. The molecule has 0 aromatic heterocycles. The van der Waals surface area contributed by atoms with E-state index in [1.807, 2.05) is 12.1 Å². The van der Waals surface area contributed by atoms with Crippen LogP contribution in [-0.4, -0.2) is 17.3 Å². The molecule has 0 spiro atoms. The monoisotopic (exact) mass is 403 g/mol. The Labute approximate surface area is 160 Å². The zero-order valence-corrected chi connectivity index (χ0v) is 15.9. The van der Waals surface area contributed by atoms with E-state index in [-0.39, 0.29) is 6.61 Å². The summed E-state index contributed by atoms with van der Waals surface area (Å²) in [7, 11) is 0. The van der Waals surface area contributed by atoms with Crippen LogP contribution in [-0.2, 0) is 12.6 Å². The Bertz CT molecular complexity index is 750. The number of nitrogens with two attached hydrogens (primary N) is 1. The second-order valence-electron chi connectivity index (χ2n) is 6.55. The van der Waals surface area contributed by atoms with Gasteiger partial charge in [0.1, 0.15) is 0 Å². The Morgan fingerprint density at radius 2 is 1.81 bits per heavy atom. The number of aryl methyl sites for hydroxylation is 1. The first-order valence-electron chi connectivity index (χ1n) is 8.14. The van der Waals surface area contributed by atoms with Crippen LogP contribution in [0.5, 0.6) is 0 Å². The molecule has 26 heavy (non-hydrogen) atoms. The lowest BCUT2D eigenvalue weighted by molar-refractivity contribution is -0.137. The first kappa shape index (κ1) is 21.1. The van der Waals surface area contributed by atoms with Gasteiger partial charge in [-0.2, -0.15) is 13.2 Å². The van der Waals surface area contributed by atoms with Gasteiger partial charge in [-0.25, -0.2) is 0 Å². The minimum absolute atomic E-state index is 0.0761. The predicted octanol–water partition coefficient (Wildman–Crippen LogP) is 5.54. The lowest BCUT2D eigenvalue weighted by atomic mass is 9.95. The van der Waals surface area contributed by atoms with Gasteiger partial charge >= 0.3 is 6.18 Å². The number of rotatable bonds is 7. The molecule has 0 saturated heterocycles. The van der Waals surface area contributed by atoms with Crippen molar-refractivity contribution < 1.29 is 18.3 Å². The summed E-state index contributed by atoms with van der Waals surface area (Å²) in [5.74, 6) is 0. The highest BCUT2D eigenvalue weighted by Gasteiger charge is 2.30. The Balaban J connectivity index is 2.03. The maximum Gasteiger partial charge on any atom is 0.416 e. The SMILES string of the molecule is CC(N)(CO)CCCc1ccc(Sc2cccc(C(F)(F)F)c2)cc1Cl. The van der Waals surface area contributed by atoms with Crippen molar-refractivity contribution in [2.75, 3.05) is 6.61 Å². The molecule has 2 aromatic carbocycles. The van der Waals surface area contributed by atoms with Gasteiger partial charge in [0.2, 0.25) is 0 Å². The first-order valence-corrected chi connectivity index (χ1v) is 9.33. The molecule has 0 bridgehead atoms. The zero-order chi connectivity index (χ0) is 19.4. The van der Waals surface area contributed by atoms with Crippen molar-refractivity contribution in [3.63, 3.8) is 0 Å². The van der Waals surface area contributed by atoms with Crippen LogP contribution in [0.2, 0.25) is 5.02 Å². The van der Waals surface area contributed by atoms with Gasteiger partial charge in [0, 0.05) is 20.4 Å². The van der Waals surface area contributed by atoms with Gasteiger partial charge in [-0.1, -0.05) is 35.5 Å². The van der Waals surface area contributed by atoms with Crippen LogP contribution in [0.1, 0.15) is 30.9 Å². The third kappa shape index (κ3) is 6.20. The van der Waals surface area contributed by atoms with E-state index >= 15 is 0 Å². The molecule has 2 nitrogen and oxygen atoms in total. The molecule has 0 radical (unpaired) electrons. The quantitative estimate of drug-likeness (QED) is 0.637. The summed E-state index contributed by atoms with van der Waals surface area (Å²) in [5, 5.41) is 9.74. The van der Waals surface area contributed by atoms with Crippen molar-refractivity contribution in [2.45, 2.75) is 47.7 Å². The molecule has 0 amide bonds. The maximum absolute atomic E-state index is 12.8. The van der Waals surface area contributed by atoms with Gasteiger partial charge in [0.15, 0.2) is 0 Å². The van der Waals surface area contributed by atoms with E-state index in [0.29, 0.717) is 16.3 Å². The molecular weight excluding hydrogens is 383 g/mol. The topological polar surface area (TPSA) is 46.2 Å². The van der Waals surface area contributed by atoms with Crippen molar-refractivity contribution in [1.29, 1.82) is 0 Å². The fourth-order valence-electron chi connectivity index (χ4n) is 2.43. The van der Waals surface area contributed by atoms with E-state index in [4.69, 9.17) is 22.4 Å². The summed E-state index contributed by atoms with van der Waals surface area (Å²) < 4.78 is 38.4. The van der Waals surface area contributed by atoms with Gasteiger partial charge in [-0.15, -0.1) is 0 Å². The Morgan fingerprint density at radius 3 is 2.42 bits per heavy atom. The lowest BCUT2D eigenvalue weighted by Crippen LogP contribution is -2.40. The predicted molar refractivity (Wildman–Crippen MR) is 99.6 cm³/mol. The molecule has 1 atom stereocenters. The second kappa shape index (κ2) is 8.65. The number of benzene rings is 2. The van der Waals surface area contributed by atoms with Crippen LogP contribution < -0.4 is 5.73 Å². The number of alkyl halides is 3. The molecular formula is C19H21ClF3NOS. The third-order valence-electron chi connectivity index (χ3n) is 3.98. The van der Waals surface area contributed by atoms with Crippen molar-refractivity contribution in [3.8, 4) is 0 Å². The van der Waals surface area contributed by atoms with E-state index in [1.54, 1.807) is 19.1 Å². The minimum atomic E-state index is -4.36. The van der Waals surface area contributed by atoms with E-state index in [9.17, 15) is 13.2 Å². The summed E-state index contributed by atoms with van der Waals surface area (Å²) in [6.45, 7) is 1.72. The summed E-state index contributed by atoms with van der Waals surface area (Å²) >= 11 is 7.54. The lowest BCUT2D eigenvalue weighted by Gasteiger charge is -2.21. The minimum Gasteiger partial charge on any atom is -0.394 e. The van der Waals surface area contributed by atoms with Crippen LogP contribution in [0.15, 0.2) is 52.3 Å². The maximum atomic E-state index is 12.8. The highest BCUT2D eigenvalue weighted by molar-refractivity contribution is 7.99. The Hall–Kier alpha value is -1.21. The van der Waals surface area contributed by atoms with E-state index in [0.717, 1.165) is 35.4 Å². The van der Waals surface area contributed by atoms with Crippen molar-refractivity contribution in [3.05, 3.63) is 58.6 Å². The fraction of sp³-hybridized carbons (Fsp3) is 0.368. The van der Waals surface area contributed by atoms with Crippen LogP contribution in [0.25, 0.3) is 0 Å². The Morgan fingerprint density at radius 1 is 1.12 bits per heavy atom. The molecule has 2 rings (SSSR count). The van der Waals surface area contributed by atoms with Gasteiger partial charge < -0.3 is 10.8 Å². The molecule has 7 heteroatoms. The molecule has 0 aliphatic rings. The van der Waals surface area contributed by atoms with E-state index in [2.05, 4.69) is 0 Å². The molecule has 0 aliphatic carbocycles. The molecule has 2 aromatic rings. The molecule has 142 valence electrons. The average Bonchev–Trinajstić information content (AvgIpc) is 2.56. The molecule has 1 unspecified atom stereocenters. The van der Waals surface area contributed by atoms with E-state index < -0.39 is 17.3 Å². The number of aliphatic hydroxyl groups excluding tert-OH is 1. The molecule has 0 saturated carbocycles. The highest BCUT2D eigenvalue weighted by Crippen LogP contribution is 2.35. The molecule has 0 fully saturated rings. The molecule has 0 heterocycles.